The summed E-state index contributed by atoms with van der Waals surface area (Å²) >= 11 is 0. The van der Waals surface area contributed by atoms with Crippen molar-refractivity contribution < 1.29 is 9.30 Å². The van der Waals surface area contributed by atoms with Crippen molar-refractivity contribution in [3.05, 3.63) is 53.3 Å². The molecule has 3 nitrogen and oxygen atoms in total. The zero-order chi connectivity index (χ0) is 20.9. The lowest BCUT2D eigenvalue weighted by molar-refractivity contribution is -0.643. The maximum atomic E-state index is 6.15. The second-order valence-corrected chi connectivity index (χ2v) is 10.0. The molecule has 0 amide bonds. The summed E-state index contributed by atoms with van der Waals surface area (Å²) < 4.78 is 11.0. The number of ether oxygens (including phenoxy) is 1. The minimum atomic E-state index is 0.00604. The van der Waals surface area contributed by atoms with Gasteiger partial charge in [-0.1, -0.05) is 45.9 Å². The monoisotopic (exact) mass is 387 g/mol. The summed E-state index contributed by atoms with van der Waals surface area (Å²) in [4.78, 5) is 0. The van der Waals surface area contributed by atoms with E-state index in [2.05, 4.69) is 101 Å². The van der Waals surface area contributed by atoms with Crippen molar-refractivity contribution in [1.82, 2.24) is 4.40 Å². The first kappa shape index (κ1) is 18.5. The van der Waals surface area contributed by atoms with E-state index in [4.69, 9.17) is 4.74 Å². The Balaban J connectivity index is 2.10. The maximum absolute atomic E-state index is 6.15. The molecule has 5 rings (SSSR count). The summed E-state index contributed by atoms with van der Waals surface area (Å²) in [6.07, 6.45) is 2.49. The largest absolute Gasteiger partial charge is 0.491 e. The first-order valence-corrected chi connectivity index (χ1v) is 10.6. The number of imidazole rings is 1. The first-order valence-electron chi connectivity index (χ1n) is 10.6. The van der Waals surface area contributed by atoms with E-state index in [0.29, 0.717) is 0 Å². The number of hydrogen-bond acceptors (Lipinski definition) is 1. The van der Waals surface area contributed by atoms with Crippen LogP contribution in [-0.2, 0) is 17.9 Å². The third-order valence-electron chi connectivity index (χ3n) is 7.53. The number of para-hydroxylation sites is 1. The number of pyridine rings is 1. The van der Waals surface area contributed by atoms with Crippen LogP contribution in [0.4, 0.5) is 0 Å². The van der Waals surface area contributed by atoms with Gasteiger partial charge in [0.1, 0.15) is 17.5 Å². The predicted molar refractivity (Wildman–Crippen MR) is 120 cm³/mol. The van der Waals surface area contributed by atoms with E-state index in [1.807, 2.05) is 0 Å². The Morgan fingerprint density at radius 3 is 2.38 bits per heavy atom. The van der Waals surface area contributed by atoms with Crippen molar-refractivity contribution >= 4 is 27.3 Å². The number of nitrogens with zero attached hydrogens (tertiary/aromatic N) is 2. The standard InChI is InChI=1S/C26H31N2O/c1-15(2)29-20-13-12-17-18-10-9-11-19-23(18)28-21(26(6,7)25(19,4)5)14-27(8)24(28)22(17)16(20)3/h9-15H,1-8H3/q+1. The number of fused-ring (bicyclic) bond motifs is 3. The zero-order valence-electron chi connectivity index (χ0n) is 18.8. The number of rotatable bonds is 2. The lowest BCUT2D eigenvalue weighted by atomic mass is 9.61. The van der Waals surface area contributed by atoms with E-state index in [1.165, 1.54) is 44.1 Å². The van der Waals surface area contributed by atoms with Crippen molar-refractivity contribution in [2.45, 2.75) is 65.4 Å². The SMILES string of the molecule is Cc1c(OC(C)C)ccc2c3cccc4c3n3c(c[n+](C)c3c12)C(C)(C)C4(C)C. The van der Waals surface area contributed by atoms with Crippen LogP contribution >= 0.6 is 0 Å². The fraction of sp³-hybridized carbons (Fsp3) is 0.423. The van der Waals surface area contributed by atoms with Crippen LogP contribution in [-0.4, -0.2) is 10.5 Å². The van der Waals surface area contributed by atoms with Gasteiger partial charge in [0.2, 0.25) is 0 Å². The van der Waals surface area contributed by atoms with Gasteiger partial charge < -0.3 is 4.74 Å². The van der Waals surface area contributed by atoms with Crippen LogP contribution in [0.1, 0.15) is 58.4 Å². The van der Waals surface area contributed by atoms with Crippen molar-refractivity contribution in [1.29, 1.82) is 0 Å². The smallest absolute Gasteiger partial charge is 0.295 e. The minimum absolute atomic E-state index is 0.00604. The van der Waals surface area contributed by atoms with Gasteiger partial charge in [-0.2, -0.15) is 4.40 Å². The Kier molecular flexibility index (Phi) is 3.52. The van der Waals surface area contributed by atoms with Crippen molar-refractivity contribution in [2.75, 3.05) is 0 Å². The van der Waals surface area contributed by atoms with E-state index < -0.39 is 0 Å². The predicted octanol–water partition coefficient (Wildman–Crippen LogP) is 5.73. The summed E-state index contributed by atoms with van der Waals surface area (Å²) in [5.74, 6) is 0.976. The quantitative estimate of drug-likeness (QED) is 0.317. The molecule has 0 aliphatic carbocycles. The van der Waals surface area contributed by atoms with Crippen molar-refractivity contribution in [3.63, 3.8) is 0 Å². The average Bonchev–Trinajstić information content (AvgIpc) is 3.00. The van der Waals surface area contributed by atoms with E-state index >= 15 is 0 Å². The number of aromatic nitrogens is 2. The Morgan fingerprint density at radius 1 is 0.966 bits per heavy atom. The summed E-state index contributed by atoms with van der Waals surface area (Å²) in [5, 5.41) is 3.92. The van der Waals surface area contributed by atoms with Gasteiger partial charge in [0, 0.05) is 32.7 Å². The number of benzene rings is 2. The summed E-state index contributed by atoms with van der Waals surface area (Å²) in [6, 6.07) is 11.2. The van der Waals surface area contributed by atoms with E-state index in [-0.39, 0.29) is 16.9 Å². The molecule has 0 spiro atoms. The number of aryl methyl sites for hydroxylation is 2. The van der Waals surface area contributed by atoms with Crippen LogP contribution in [0.5, 0.6) is 5.75 Å². The highest BCUT2D eigenvalue weighted by atomic mass is 16.5. The lowest BCUT2D eigenvalue weighted by Gasteiger charge is -2.42. The fourth-order valence-electron chi connectivity index (χ4n) is 5.28. The Labute approximate surface area is 172 Å². The molecule has 2 aromatic heterocycles. The Bertz CT molecular complexity index is 1320. The molecule has 4 aromatic rings. The molecule has 3 heteroatoms. The van der Waals surface area contributed by atoms with Crippen LogP contribution in [0, 0.1) is 6.92 Å². The fourth-order valence-corrected chi connectivity index (χ4v) is 5.28. The topological polar surface area (TPSA) is 17.5 Å². The molecule has 2 aromatic carbocycles. The van der Waals surface area contributed by atoms with Gasteiger partial charge in [-0.15, -0.1) is 0 Å². The van der Waals surface area contributed by atoms with E-state index in [0.717, 1.165) is 5.75 Å². The first-order chi connectivity index (χ1) is 13.6. The maximum Gasteiger partial charge on any atom is 0.295 e. The van der Waals surface area contributed by atoms with Gasteiger partial charge in [-0.25, -0.2) is 4.57 Å². The molecule has 0 saturated heterocycles. The van der Waals surface area contributed by atoms with Crippen LogP contribution in [0.25, 0.3) is 27.3 Å². The van der Waals surface area contributed by atoms with Gasteiger partial charge >= 0.3 is 0 Å². The summed E-state index contributed by atoms with van der Waals surface area (Å²) in [6.45, 7) is 15.9. The molecule has 0 radical (unpaired) electrons. The molecule has 3 heterocycles. The molecule has 1 aliphatic heterocycles. The summed E-state index contributed by atoms with van der Waals surface area (Å²) in [7, 11) is 2.18. The normalized spacial score (nSPS) is 17.1. The lowest BCUT2D eigenvalue weighted by Crippen LogP contribution is -2.44. The van der Waals surface area contributed by atoms with Crippen LogP contribution in [0.2, 0.25) is 0 Å². The zero-order valence-corrected chi connectivity index (χ0v) is 18.8. The summed E-state index contributed by atoms with van der Waals surface area (Å²) in [5.41, 5.74) is 6.66. The average molecular weight is 388 g/mol. The molecule has 0 unspecified atom stereocenters. The van der Waals surface area contributed by atoms with E-state index in [9.17, 15) is 0 Å². The van der Waals surface area contributed by atoms with Gasteiger partial charge in [-0.05, 0) is 32.9 Å². The second-order valence-electron chi connectivity index (χ2n) is 10.0. The van der Waals surface area contributed by atoms with Gasteiger partial charge in [0.05, 0.1) is 18.5 Å². The molecule has 150 valence electrons. The Morgan fingerprint density at radius 2 is 1.69 bits per heavy atom. The third-order valence-corrected chi connectivity index (χ3v) is 7.53. The van der Waals surface area contributed by atoms with Gasteiger partial charge in [-0.3, -0.25) is 0 Å². The molecule has 0 saturated carbocycles. The molecule has 0 atom stereocenters. The highest BCUT2D eigenvalue weighted by Crippen LogP contribution is 2.51. The highest BCUT2D eigenvalue weighted by molar-refractivity contribution is 6.14. The van der Waals surface area contributed by atoms with Crippen LogP contribution in [0.15, 0.2) is 36.5 Å². The van der Waals surface area contributed by atoms with Gasteiger partial charge in [0.25, 0.3) is 5.65 Å². The molecule has 0 N–H and O–H groups in total. The van der Waals surface area contributed by atoms with Crippen LogP contribution in [0.3, 0.4) is 0 Å². The van der Waals surface area contributed by atoms with Crippen LogP contribution < -0.4 is 9.30 Å². The van der Waals surface area contributed by atoms with E-state index in [1.54, 1.807) is 0 Å². The molecule has 1 aliphatic rings. The molecular formula is C26H31N2O+. The highest BCUT2D eigenvalue weighted by Gasteiger charge is 2.50. The third kappa shape index (κ3) is 2.11. The van der Waals surface area contributed by atoms with Gasteiger partial charge in [0.15, 0.2) is 5.69 Å². The molecule has 29 heavy (non-hydrogen) atoms. The Hall–Kier alpha value is -2.55. The minimum Gasteiger partial charge on any atom is -0.491 e. The second kappa shape index (κ2) is 5.53. The molecular weight excluding hydrogens is 356 g/mol. The number of hydrogen-bond donors (Lipinski definition) is 0. The molecule has 0 fully saturated rings. The van der Waals surface area contributed by atoms with Crippen molar-refractivity contribution in [2.24, 2.45) is 7.05 Å². The molecule has 0 bridgehead atoms. The van der Waals surface area contributed by atoms with Crippen molar-refractivity contribution in [3.8, 4) is 5.75 Å².